The fourth-order valence-electron chi connectivity index (χ4n) is 4.03. The van der Waals surface area contributed by atoms with Crippen LogP contribution in [0.1, 0.15) is 92.4 Å². The molecule has 138 valence electrons. The van der Waals surface area contributed by atoms with Crippen molar-refractivity contribution >= 4 is 0 Å². The van der Waals surface area contributed by atoms with Gasteiger partial charge in [0.05, 0.1) is 0 Å². The maximum atomic E-state index is 5.76. The highest BCUT2D eigenvalue weighted by Gasteiger charge is 2.37. The first kappa shape index (κ1) is 20.9. The Kier molecular flexibility index (Phi) is 9.72. The smallest absolute Gasteiger partial charge is 0.0478 e. The van der Waals surface area contributed by atoms with Gasteiger partial charge in [-0.15, -0.1) is 0 Å². The van der Waals surface area contributed by atoms with Gasteiger partial charge in [-0.1, -0.05) is 39.0 Å². The van der Waals surface area contributed by atoms with E-state index in [0.717, 1.165) is 26.2 Å². The van der Waals surface area contributed by atoms with Gasteiger partial charge in [0.2, 0.25) is 0 Å². The molecule has 1 rings (SSSR count). The maximum absolute atomic E-state index is 5.76. The van der Waals surface area contributed by atoms with E-state index in [1.54, 1.807) is 0 Å². The molecule has 0 amide bonds. The van der Waals surface area contributed by atoms with Crippen LogP contribution in [0.2, 0.25) is 0 Å². The summed E-state index contributed by atoms with van der Waals surface area (Å²) in [5, 5.41) is 7.48. The summed E-state index contributed by atoms with van der Waals surface area (Å²) >= 11 is 0. The predicted octanol–water partition coefficient (Wildman–Crippen LogP) is 4.65. The molecule has 1 heterocycles. The standard InChI is InChI=1S/C20H42N2O/c1-6-7-8-9-10-11-14-23-15-12-13-21-18-16-19(2,3)22-20(4,5)17-18/h18,21-22H,6-17H2,1-5H3. The minimum absolute atomic E-state index is 0.230. The fraction of sp³-hybridized carbons (Fsp3) is 1.00. The summed E-state index contributed by atoms with van der Waals surface area (Å²) < 4.78 is 5.76. The normalized spacial score (nSPS) is 20.7. The van der Waals surface area contributed by atoms with Gasteiger partial charge in [0.1, 0.15) is 0 Å². The van der Waals surface area contributed by atoms with Crippen LogP contribution >= 0.6 is 0 Å². The summed E-state index contributed by atoms with van der Waals surface area (Å²) in [5.74, 6) is 0. The van der Waals surface area contributed by atoms with Crippen molar-refractivity contribution in [3.63, 3.8) is 0 Å². The minimum Gasteiger partial charge on any atom is -0.381 e. The summed E-state index contributed by atoms with van der Waals surface area (Å²) in [6.45, 7) is 14.4. The molecule has 0 spiro atoms. The Morgan fingerprint density at radius 1 is 0.870 bits per heavy atom. The van der Waals surface area contributed by atoms with Crippen LogP contribution in [0.4, 0.5) is 0 Å². The summed E-state index contributed by atoms with van der Waals surface area (Å²) in [4.78, 5) is 0. The average Bonchev–Trinajstić information content (AvgIpc) is 2.41. The zero-order valence-corrected chi connectivity index (χ0v) is 16.5. The third kappa shape index (κ3) is 10.4. The van der Waals surface area contributed by atoms with Crippen molar-refractivity contribution in [3.05, 3.63) is 0 Å². The van der Waals surface area contributed by atoms with Gasteiger partial charge in [0.15, 0.2) is 0 Å². The van der Waals surface area contributed by atoms with Crippen molar-refractivity contribution in [1.29, 1.82) is 0 Å². The minimum atomic E-state index is 0.230. The van der Waals surface area contributed by atoms with Gasteiger partial charge in [0, 0.05) is 30.3 Å². The lowest BCUT2D eigenvalue weighted by atomic mass is 9.79. The van der Waals surface area contributed by atoms with Crippen LogP contribution in [0.5, 0.6) is 0 Å². The van der Waals surface area contributed by atoms with Crippen molar-refractivity contribution in [2.24, 2.45) is 0 Å². The highest BCUT2D eigenvalue weighted by Crippen LogP contribution is 2.28. The second-order valence-corrected chi connectivity index (χ2v) is 8.69. The molecule has 0 atom stereocenters. The van der Waals surface area contributed by atoms with Crippen molar-refractivity contribution in [2.75, 3.05) is 19.8 Å². The van der Waals surface area contributed by atoms with Crippen molar-refractivity contribution in [3.8, 4) is 0 Å². The van der Waals surface area contributed by atoms with Gasteiger partial charge in [0.25, 0.3) is 0 Å². The van der Waals surface area contributed by atoms with Crippen LogP contribution in [-0.4, -0.2) is 36.9 Å². The summed E-state index contributed by atoms with van der Waals surface area (Å²) in [6.07, 6.45) is 11.6. The van der Waals surface area contributed by atoms with E-state index in [2.05, 4.69) is 45.3 Å². The molecule has 1 fully saturated rings. The molecular weight excluding hydrogens is 284 g/mol. The number of rotatable bonds is 12. The molecule has 1 saturated heterocycles. The monoisotopic (exact) mass is 326 g/mol. The van der Waals surface area contributed by atoms with Gasteiger partial charge in [-0.3, -0.25) is 0 Å². The molecule has 0 aliphatic carbocycles. The molecule has 3 nitrogen and oxygen atoms in total. The summed E-state index contributed by atoms with van der Waals surface area (Å²) in [7, 11) is 0. The molecule has 23 heavy (non-hydrogen) atoms. The van der Waals surface area contributed by atoms with Gasteiger partial charge in [-0.05, 0) is 59.9 Å². The molecule has 0 aromatic heterocycles. The highest BCUT2D eigenvalue weighted by atomic mass is 16.5. The number of unbranched alkanes of at least 4 members (excludes halogenated alkanes) is 5. The van der Waals surface area contributed by atoms with Crippen LogP contribution in [0, 0.1) is 0 Å². The van der Waals surface area contributed by atoms with Crippen LogP contribution in [0.3, 0.4) is 0 Å². The van der Waals surface area contributed by atoms with E-state index in [0.29, 0.717) is 6.04 Å². The van der Waals surface area contributed by atoms with Crippen LogP contribution < -0.4 is 10.6 Å². The SMILES string of the molecule is CCCCCCCCOCCCNC1CC(C)(C)NC(C)(C)C1. The number of hydrogen-bond donors (Lipinski definition) is 2. The van der Waals surface area contributed by atoms with E-state index in [-0.39, 0.29) is 11.1 Å². The number of hydrogen-bond acceptors (Lipinski definition) is 3. The largest absolute Gasteiger partial charge is 0.381 e. The molecule has 2 N–H and O–H groups in total. The van der Waals surface area contributed by atoms with Crippen molar-refractivity contribution in [2.45, 2.75) is 110 Å². The molecule has 1 aliphatic heterocycles. The topological polar surface area (TPSA) is 33.3 Å². The number of nitrogens with one attached hydrogen (secondary N) is 2. The average molecular weight is 327 g/mol. The molecule has 0 radical (unpaired) electrons. The molecular formula is C20H42N2O. The molecule has 3 heteroatoms. The van der Waals surface area contributed by atoms with E-state index in [9.17, 15) is 0 Å². The zero-order chi connectivity index (χ0) is 17.2. The van der Waals surface area contributed by atoms with Crippen LogP contribution in [0.15, 0.2) is 0 Å². The van der Waals surface area contributed by atoms with Gasteiger partial charge >= 0.3 is 0 Å². The van der Waals surface area contributed by atoms with E-state index in [1.165, 1.54) is 51.4 Å². The molecule has 0 aromatic carbocycles. The second-order valence-electron chi connectivity index (χ2n) is 8.69. The molecule has 0 unspecified atom stereocenters. The first-order chi connectivity index (χ1) is 10.8. The Bertz CT molecular complexity index is 286. The first-order valence-electron chi connectivity index (χ1n) is 9.95. The predicted molar refractivity (Wildman–Crippen MR) is 101 cm³/mol. The molecule has 0 aromatic rings. The Balaban J connectivity index is 1.96. The lowest BCUT2D eigenvalue weighted by Crippen LogP contribution is -2.61. The fourth-order valence-corrected chi connectivity index (χ4v) is 4.03. The summed E-state index contributed by atoms with van der Waals surface area (Å²) in [6, 6.07) is 0.625. The lowest BCUT2D eigenvalue weighted by molar-refractivity contribution is 0.120. The highest BCUT2D eigenvalue weighted by molar-refractivity contribution is 4.99. The van der Waals surface area contributed by atoms with Crippen molar-refractivity contribution in [1.82, 2.24) is 10.6 Å². The molecule has 0 bridgehead atoms. The van der Waals surface area contributed by atoms with E-state index < -0.39 is 0 Å². The third-order valence-corrected chi connectivity index (χ3v) is 4.73. The van der Waals surface area contributed by atoms with Gasteiger partial charge < -0.3 is 15.4 Å². The van der Waals surface area contributed by atoms with Gasteiger partial charge in [-0.25, -0.2) is 0 Å². The zero-order valence-electron chi connectivity index (χ0n) is 16.5. The Morgan fingerprint density at radius 3 is 2.09 bits per heavy atom. The van der Waals surface area contributed by atoms with E-state index >= 15 is 0 Å². The second kappa shape index (κ2) is 10.7. The summed E-state index contributed by atoms with van der Waals surface area (Å²) in [5.41, 5.74) is 0.460. The quantitative estimate of drug-likeness (QED) is 0.512. The third-order valence-electron chi connectivity index (χ3n) is 4.73. The lowest BCUT2D eigenvalue weighted by Gasteiger charge is -2.46. The molecule has 1 aliphatic rings. The molecule has 0 saturated carbocycles. The van der Waals surface area contributed by atoms with Gasteiger partial charge in [-0.2, -0.15) is 0 Å². The van der Waals surface area contributed by atoms with Crippen LogP contribution in [0.25, 0.3) is 0 Å². The number of piperidine rings is 1. The van der Waals surface area contributed by atoms with Crippen molar-refractivity contribution < 1.29 is 4.74 Å². The first-order valence-corrected chi connectivity index (χ1v) is 9.95. The Hall–Kier alpha value is -0.120. The Morgan fingerprint density at radius 2 is 1.43 bits per heavy atom. The van der Waals surface area contributed by atoms with Crippen LogP contribution in [-0.2, 0) is 4.74 Å². The van der Waals surface area contributed by atoms with E-state index in [1.807, 2.05) is 0 Å². The van der Waals surface area contributed by atoms with E-state index in [4.69, 9.17) is 4.74 Å². The Labute approximate surface area is 145 Å². The number of ether oxygens (including phenoxy) is 1. The maximum Gasteiger partial charge on any atom is 0.0478 e.